The van der Waals surface area contributed by atoms with Crippen LogP contribution in [-0.2, 0) is 0 Å². The Labute approximate surface area is 103 Å². The first kappa shape index (κ1) is 13.3. The number of nitrogens with one attached hydrogen (secondary N) is 1. The molecule has 1 rings (SSSR count). The maximum absolute atomic E-state index is 3.26. The van der Waals surface area contributed by atoms with Gasteiger partial charge >= 0.3 is 0 Å². The molecule has 88 valence electrons. The van der Waals surface area contributed by atoms with Crippen molar-refractivity contribution in [1.29, 1.82) is 0 Å². The molecule has 0 aliphatic heterocycles. The van der Waals surface area contributed by atoms with E-state index in [9.17, 15) is 0 Å². The standard InChI is InChI=1S/C14H21NS/c1-11(2)8-9-16-14-7-5-6-13(10-14)12(3)15-4/h5-8,10,12,15H,9H2,1-4H3. The van der Waals surface area contributed by atoms with Crippen molar-refractivity contribution in [2.75, 3.05) is 12.8 Å². The van der Waals surface area contributed by atoms with E-state index < -0.39 is 0 Å². The van der Waals surface area contributed by atoms with Crippen molar-refractivity contribution in [3.05, 3.63) is 41.5 Å². The van der Waals surface area contributed by atoms with Crippen molar-refractivity contribution >= 4 is 11.8 Å². The Bertz CT molecular complexity index is 354. The molecule has 0 radical (unpaired) electrons. The zero-order valence-electron chi connectivity index (χ0n) is 10.6. The molecule has 0 aromatic heterocycles. The van der Waals surface area contributed by atoms with Gasteiger partial charge in [0, 0.05) is 16.7 Å². The normalized spacial score (nSPS) is 12.2. The first-order valence-corrected chi connectivity index (χ1v) is 6.65. The molecule has 1 N–H and O–H groups in total. The molecule has 0 fully saturated rings. The van der Waals surface area contributed by atoms with Crippen LogP contribution in [0.15, 0.2) is 40.8 Å². The van der Waals surface area contributed by atoms with Gasteiger partial charge in [0.2, 0.25) is 0 Å². The lowest BCUT2D eigenvalue weighted by Gasteiger charge is -2.11. The second-order valence-electron chi connectivity index (χ2n) is 4.18. The molecule has 1 unspecified atom stereocenters. The van der Waals surface area contributed by atoms with Gasteiger partial charge in [-0.2, -0.15) is 0 Å². The Balaban J connectivity index is 2.64. The van der Waals surface area contributed by atoms with Gasteiger partial charge in [0.1, 0.15) is 0 Å². The number of hydrogen-bond acceptors (Lipinski definition) is 2. The van der Waals surface area contributed by atoms with Crippen molar-refractivity contribution in [2.24, 2.45) is 0 Å². The first-order valence-electron chi connectivity index (χ1n) is 5.67. The molecule has 1 aromatic carbocycles. The van der Waals surface area contributed by atoms with Crippen LogP contribution in [0.3, 0.4) is 0 Å². The third kappa shape index (κ3) is 4.42. The van der Waals surface area contributed by atoms with E-state index in [0.717, 1.165) is 5.75 Å². The molecule has 0 amide bonds. The van der Waals surface area contributed by atoms with Gasteiger partial charge in [0.05, 0.1) is 0 Å². The Hall–Kier alpha value is -0.730. The molecular formula is C14H21NS. The van der Waals surface area contributed by atoms with E-state index in [1.165, 1.54) is 16.0 Å². The molecule has 0 saturated carbocycles. The van der Waals surface area contributed by atoms with Gasteiger partial charge in [-0.3, -0.25) is 0 Å². The maximum Gasteiger partial charge on any atom is 0.0289 e. The van der Waals surface area contributed by atoms with E-state index in [2.05, 4.69) is 56.4 Å². The molecule has 2 heteroatoms. The quantitative estimate of drug-likeness (QED) is 0.611. The Morgan fingerprint density at radius 1 is 1.44 bits per heavy atom. The van der Waals surface area contributed by atoms with Crippen molar-refractivity contribution in [3.8, 4) is 0 Å². The van der Waals surface area contributed by atoms with Crippen molar-refractivity contribution in [1.82, 2.24) is 5.32 Å². The van der Waals surface area contributed by atoms with Crippen LogP contribution in [0, 0.1) is 0 Å². The van der Waals surface area contributed by atoms with Crippen LogP contribution in [-0.4, -0.2) is 12.8 Å². The van der Waals surface area contributed by atoms with E-state index >= 15 is 0 Å². The van der Waals surface area contributed by atoms with Crippen LogP contribution in [0.4, 0.5) is 0 Å². The summed E-state index contributed by atoms with van der Waals surface area (Å²) in [5.74, 6) is 1.06. The van der Waals surface area contributed by atoms with Gasteiger partial charge in [-0.25, -0.2) is 0 Å². The summed E-state index contributed by atoms with van der Waals surface area (Å²) in [6.45, 7) is 6.46. The molecule has 0 heterocycles. The third-order valence-electron chi connectivity index (χ3n) is 2.53. The van der Waals surface area contributed by atoms with Gasteiger partial charge in [-0.1, -0.05) is 23.8 Å². The highest BCUT2D eigenvalue weighted by Gasteiger charge is 2.02. The summed E-state index contributed by atoms with van der Waals surface area (Å²) < 4.78 is 0. The van der Waals surface area contributed by atoms with Crippen molar-refractivity contribution < 1.29 is 0 Å². The van der Waals surface area contributed by atoms with Gasteiger partial charge in [-0.05, 0) is 45.5 Å². The van der Waals surface area contributed by atoms with Crippen LogP contribution >= 0.6 is 11.8 Å². The summed E-state index contributed by atoms with van der Waals surface area (Å²) in [6, 6.07) is 9.17. The average molecular weight is 235 g/mol. The summed E-state index contributed by atoms with van der Waals surface area (Å²) >= 11 is 1.89. The minimum atomic E-state index is 0.420. The zero-order valence-corrected chi connectivity index (χ0v) is 11.4. The van der Waals surface area contributed by atoms with Gasteiger partial charge in [0.15, 0.2) is 0 Å². The number of rotatable bonds is 5. The van der Waals surface area contributed by atoms with Gasteiger partial charge < -0.3 is 5.32 Å². The lowest BCUT2D eigenvalue weighted by Crippen LogP contribution is -2.11. The number of allylic oxidation sites excluding steroid dienone is 1. The van der Waals surface area contributed by atoms with Crippen molar-refractivity contribution in [2.45, 2.75) is 31.7 Å². The van der Waals surface area contributed by atoms with Crippen LogP contribution in [0.5, 0.6) is 0 Å². The van der Waals surface area contributed by atoms with Crippen LogP contribution < -0.4 is 5.32 Å². The molecule has 16 heavy (non-hydrogen) atoms. The van der Waals surface area contributed by atoms with Crippen LogP contribution in [0.2, 0.25) is 0 Å². The van der Waals surface area contributed by atoms with Crippen LogP contribution in [0.1, 0.15) is 32.4 Å². The van der Waals surface area contributed by atoms with E-state index in [-0.39, 0.29) is 0 Å². The minimum absolute atomic E-state index is 0.420. The molecule has 1 aromatic rings. The van der Waals surface area contributed by atoms with Gasteiger partial charge in [0.25, 0.3) is 0 Å². The second kappa shape index (κ2) is 6.77. The lowest BCUT2D eigenvalue weighted by molar-refractivity contribution is 0.651. The monoisotopic (exact) mass is 235 g/mol. The lowest BCUT2D eigenvalue weighted by atomic mass is 10.1. The molecule has 0 saturated heterocycles. The van der Waals surface area contributed by atoms with E-state index in [4.69, 9.17) is 0 Å². The number of benzene rings is 1. The fraction of sp³-hybridized carbons (Fsp3) is 0.429. The zero-order chi connectivity index (χ0) is 12.0. The number of thioether (sulfide) groups is 1. The molecular weight excluding hydrogens is 214 g/mol. The molecule has 0 spiro atoms. The van der Waals surface area contributed by atoms with Crippen LogP contribution in [0.25, 0.3) is 0 Å². The molecule has 0 aliphatic carbocycles. The smallest absolute Gasteiger partial charge is 0.0289 e. The Morgan fingerprint density at radius 2 is 2.19 bits per heavy atom. The minimum Gasteiger partial charge on any atom is -0.313 e. The third-order valence-corrected chi connectivity index (χ3v) is 3.45. The second-order valence-corrected chi connectivity index (χ2v) is 5.27. The highest BCUT2D eigenvalue weighted by Crippen LogP contribution is 2.22. The molecule has 1 atom stereocenters. The summed E-state index contributed by atoms with van der Waals surface area (Å²) in [5.41, 5.74) is 2.73. The highest BCUT2D eigenvalue weighted by atomic mass is 32.2. The van der Waals surface area contributed by atoms with E-state index in [0.29, 0.717) is 6.04 Å². The fourth-order valence-corrected chi connectivity index (χ4v) is 2.35. The number of hydrogen-bond donors (Lipinski definition) is 1. The summed E-state index contributed by atoms with van der Waals surface area (Å²) in [7, 11) is 1.99. The molecule has 0 aliphatic rings. The van der Waals surface area contributed by atoms with E-state index in [1.807, 2.05) is 18.8 Å². The Kier molecular flexibility index (Phi) is 5.64. The summed E-state index contributed by atoms with van der Waals surface area (Å²) in [4.78, 5) is 1.34. The highest BCUT2D eigenvalue weighted by molar-refractivity contribution is 7.99. The van der Waals surface area contributed by atoms with Crippen molar-refractivity contribution in [3.63, 3.8) is 0 Å². The topological polar surface area (TPSA) is 12.0 Å². The first-order chi connectivity index (χ1) is 7.63. The molecule has 1 nitrogen and oxygen atoms in total. The van der Waals surface area contributed by atoms with Gasteiger partial charge in [-0.15, -0.1) is 11.8 Å². The summed E-state index contributed by atoms with van der Waals surface area (Å²) in [6.07, 6.45) is 2.26. The predicted molar refractivity (Wildman–Crippen MR) is 74.1 cm³/mol. The predicted octanol–water partition coefficient (Wildman–Crippen LogP) is 4.03. The maximum atomic E-state index is 3.26. The average Bonchev–Trinajstić information content (AvgIpc) is 2.28. The SMILES string of the molecule is CNC(C)c1cccc(SCC=C(C)C)c1. The van der Waals surface area contributed by atoms with E-state index in [1.54, 1.807) is 0 Å². The Morgan fingerprint density at radius 3 is 2.81 bits per heavy atom. The fourth-order valence-electron chi connectivity index (χ4n) is 1.34. The summed E-state index contributed by atoms with van der Waals surface area (Å²) in [5, 5.41) is 3.26. The largest absolute Gasteiger partial charge is 0.313 e. The molecule has 0 bridgehead atoms.